The lowest BCUT2D eigenvalue weighted by molar-refractivity contribution is 0.670. The molecule has 0 bridgehead atoms. The van der Waals surface area contributed by atoms with Gasteiger partial charge in [-0.25, -0.2) is 0 Å². The minimum Gasteiger partial charge on any atom is -0.455 e. The molecule has 48 heavy (non-hydrogen) atoms. The lowest BCUT2D eigenvalue weighted by atomic mass is 9.92. The number of nitrogens with zero attached hydrogens (tertiary/aromatic N) is 1. The van der Waals surface area contributed by atoms with Crippen molar-refractivity contribution >= 4 is 86.8 Å². The number of aromatic nitrogens is 1. The predicted octanol–water partition coefficient (Wildman–Crippen LogP) is 13.0. The van der Waals surface area contributed by atoms with Crippen LogP contribution in [0, 0.1) is 0 Å². The molecular weight excluding hydrogens is 583 g/mol. The number of benzene rings is 9. The van der Waals surface area contributed by atoms with Crippen LogP contribution >= 0.6 is 0 Å². The van der Waals surface area contributed by atoms with Crippen molar-refractivity contribution in [2.24, 2.45) is 0 Å². The van der Waals surface area contributed by atoms with Crippen LogP contribution in [0.15, 0.2) is 168 Å². The molecule has 0 spiro atoms. The number of fused-ring (bicyclic) bond motifs is 14. The highest BCUT2D eigenvalue weighted by Gasteiger charge is 2.22. The lowest BCUT2D eigenvalue weighted by Crippen LogP contribution is -1.95. The van der Waals surface area contributed by atoms with Crippen molar-refractivity contribution in [1.29, 1.82) is 0 Å². The first-order valence-electron chi connectivity index (χ1n) is 16.5. The van der Waals surface area contributed by atoms with Crippen molar-refractivity contribution < 1.29 is 4.42 Å². The van der Waals surface area contributed by atoms with Gasteiger partial charge in [-0.1, -0.05) is 133 Å². The van der Waals surface area contributed by atoms with E-state index in [1.54, 1.807) is 0 Å². The van der Waals surface area contributed by atoms with Gasteiger partial charge in [0.05, 0.1) is 11.0 Å². The van der Waals surface area contributed by atoms with Crippen molar-refractivity contribution in [2.45, 2.75) is 0 Å². The molecule has 0 aliphatic rings. The molecule has 222 valence electrons. The quantitative estimate of drug-likeness (QED) is 0.178. The van der Waals surface area contributed by atoms with Crippen LogP contribution < -0.4 is 0 Å². The molecule has 0 atom stereocenters. The van der Waals surface area contributed by atoms with Crippen LogP contribution in [0.2, 0.25) is 0 Å². The molecule has 0 unspecified atom stereocenters. The largest absolute Gasteiger partial charge is 0.455 e. The number of hydrogen-bond acceptors (Lipinski definition) is 1. The van der Waals surface area contributed by atoms with Gasteiger partial charge in [0.1, 0.15) is 11.2 Å². The summed E-state index contributed by atoms with van der Waals surface area (Å²) in [5.74, 6) is 0. The van der Waals surface area contributed by atoms with Crippen LogP contribution in [0.1, 0.15) is 0 Å². The Hall–Kier alpha value is -6.38. The summed E-state index contributed by atoms with van der Waals surface area (Å²) in [5, 5.41) is 14.9. The fourth-order valence-corrected chi connectivity index (χ4v) is 8.22. The van der Waals surface area contributed by atoms with E-state index in [4.69, 9.17) is 4.42 Å². The van der Waals surface area contributed by atoms with E-state index in [9.17, 15) is 0 Å². The molecule has 0 aliphatic carbocycles. The maximum atomic E-state index is 6.53. The number of rotatable bonds is 2. The van der Waals surface area contributed by atoms with Gasteiger partial charge in [-0.2, -0.15) is 0 Å². The zero-order chi connectivity index (χ0) is 31.3. The number of furan rings is 1. The highest BCUT2D eigenvalue weighted by Crippen LogP contribution is 2.46. The highest BCUT2D eigenvalue weighted by molar-refractivity contribution is 6.37. The summed E-state index contributed by atoms with van der Waals surface area (Å²) < 4.78 is 9.03. The summed E-state index contributed by atoms with van der Waals surface area (Å²) in [5.41, 5.74) is 7.67. The van der Waals surface area contributed by atoms with E-state index in [2.05, 4.69) is 162 Å². The average molecular weight is 610 g/mol. The van der Waals surface area contributed by atoms with E-state index in [0.29, 0.717) is 0 Å². The van der Waals surface area contributed by atoms with E-state index in [0.717, 1.165) is 38.8 Å². The first-order chi connectivity index (χ1) is 23.8. The molecule has 0 fully saturated rings. The molecule has 0 radical (unpaired) electrons. The maximum absolute atomic E-state index is 6.53. The summed E-state index contributed by atoms with van der Waals surface area (Å²) in [7, 11) is 0. The molecule has 0 aliphatic heterocycles. The predicted molar refractivity (Wildman–Crippen MR) is 204 cm³/mol. The van der Waals surface area contributed by atoms with E-state index in [1.807, 2.05) is 6.07 Å². The summed E-state index contributed by atoms with van der Waals surface area (Å²) in [6.07, 6.45) is 0. The van der Waals surface area contributed by atoms with Crippen molar-refractivity contribution in [2.75, 3.05) is 0 Å². The van der Waals surface area contributed by atoms with Crippen molar-refractivity contribution in [3.8, 4) is 16.8 Å². The zero-order valence-corrected chi connectivity index (χ0v) is 25.9. The Balaban J connectivity index is 1.35. The zero-order valence-electron chi connectivity index (χ0n) is 25.9. The van der Waals surface area contributed by atoms with E-state index in [1.165, 1.54) is 64.9 Å². The van der Waals surface area contributed by atoms with Gasteiger partial charge < -0.3 is 8.98 Å². The van der Waals surface area contributed by atoms with Gasteiger partial charge in [0.15, 0.2) is 0 Å². The molecule has 0 saturated heterocycles. The van der Waals surface area contributed by atoms with Crippen LogP contribution in [-0.4, -0.2) is 4.57 Å². The van der Waals surface area contributed by atoms with Crippen molar-refractivity contribution in [1.82, 2.24) is 4.57 Å². The molecule has 2 nitrogen and oxygen atoms in total. The Kier molecular flexibility index (Phi) is 5.14. The molecule has 9 aromatic carbocycles. The molecule has 0 amide bonds. The van der Waals surface area contributed by atoms with E-state index >= 15 is 0 Å². The minimum absolute atomic E-state index is 0.915. The van der Waals surface area contributed by atoms with E-state index in [-0.39, 0.29) is 0 Å². The Labute approximate surface area is 275 Å². The monoisotopic (exact) mass is 609 g/mol. The molecular formula is C46H27NO. The molecule has 0 N–H and O–H groups in total. The number of hydrogen-bond donors (Lipinski definition) is 0. The van der Waals surface area contributed by atoms with Gasteiger partial charge in [0.25, 0.3) is 0 Å². The second kappa shape index (κ2) is 9.57. The fourth-order valence-electron chi connectivity index (χ4n) is 8.22. The summed E-state index contributed by atoms with van der Waals surface area (Å²) in [6, 6.07) is 59.6. The molecule has 11 aromatic rings. The second-order valence-corrected chi connectivity index (χ2v) is 12.9. The first kappa shape index (κ1) is 25.8. The van der Waals surface area contributed by atoms with Crippen molar-refractivity contribution in [3.63, 3.8) is 0 Å². The SMILES string of the molecule is c1ccc2cc(-n3c4ccc(-c5cccc6c5oc5ccccc56)cc4c4c5c6ccccc6ccc5c5ccccc5c43)ccc2c1. The standard InChI is InChI=1S/C46H27NO/c1-2-12-30-26-32(23-20-28(30)10-1)47-41-25-22-31(34-17-9-18-39-36-15-7-8-19-42(36)48-46(34)39)27-40(41)44-43-33-13-4-3-11-29(33)21-24-37(43)35-14-5-6-16-38(35)45(44)47/h1-27H. The van der Waals surface area contributed by atoms with Gasteiger partial charge in [-0.15, -0.1) is 0 Å². The molecule has 11 rings (SSSR count). The fraction of sp³-hybridized carbons (Fsp3) is 0. The normalized spacial score (nSPS) is 12.2. The number of para-hydroxylation sites is 2. The van der Waals surface area contributed by atoms with E-state index < -0.39 is 0 Å². The summed E-state index contributed by atoms with van der Waals surface area (Å²) in [4.78, 5) is 0. The third-order valence-electron chi connectivity index (χ3n) is 10.3. The van der Waals surface area contributed by atoms with Crippen LogP contribution in [-0.2, 0) is 0 Å². The maximum Gasteiger partial charge on any atom is 0.143 e. The van der Waals surface area contributed by atoms with Crippen molar-refractivity contribution in [3.05, 3.63) is 164 Å². The smallest absolute Gasteiger partial charge is 0.143 e. The Morgan fingerprint density at radius 2 is 1.10 bits per heavy atom. The Morgan fingerprint density at radius 1 is 0.396 bits per heavy atom. The first-order valence-corrected chi connectivity index (χ1v) is 16.5. The topological polar surface area (TPSA) is 18.1 Å². The van der Waals surface area contributed by atoms with Gasteiger partial charge in [0, 0.05) is 43.6 Å². The Bertz CT molecular complexity index is 3120. The van der Waals surface area contributed by atoms with Crippen LogP contribution in [0.25, 0.3) is 104 Å². The molecule has 2 heteroatoms. The average Bonchev–Trinajstić information content (AvgIpc) is 3.70. The van der Waals surface area contributed by atoms with Crippen LogP contribution in [0.5, 0.6) is 0 Å². The van der Waals surface area contributed by atoms with Gasteiger partial charge >= 0.3 is 0 Å². The van der Waals surface area contributed by atoms with Crippen LogP contribution in [0.4, 0.5) is 0 Å². The lowest BCUT2D eigenvalue weighted by Gasteiger charge is -2.14. The molecule has 2 heterocycles. The second-order valence-electron chi connectivity index (χ2n) is 12.9. The van der Waals surface area contributed by atoms with Gasteiger partial charge in [-0.3, -0.25) is 0 Å². The van der Waals surface area contributed by atoms with Gasteiger partial charge in [-0.05, 0) is 68.2 Å². The highest BCUT2D eigenvalue weighted by atomic mass is 16.3. The third kappa shape index (κ3) is 3.46. The molecule has 2 aromatic heterocycles. The third-order valence-corrected chi connectivity index (χ3v) is 10.3. The van der Waals surface area contributed by atoms with Gasteiger partial charge in [0.2, 0.25) is 0 Å². The molecule has 0 saturated carbocycles. The summed E-state index contributed by atoms with van der Waals surface area (Å²) >= 11 is 0. The minimum atomic E-state index is 0.915. The Morgan fingerprint density at radius 3 is 2.00 bits per heavy atom. The van der Waals surface area contributed by atoms with Crippen LogP contribution in [0.3, 0.4) is 0 Å². The summed E-state index contributed by atoms with van der Waals surface area (Å²) in [6.45, 7) is 0.